The predicted octanol–water partition coefficient (Wildman–Crippen LogP) is 3.52. The van der Waals surface area contributed by atoms with E-state index in [9.17, 15) is 19.2 Å². The molecule has 9 heterocycles. The molecule has 2 aliphatic rings. The first kappa shape index (κ1) is 55.7. The van der Waals surface area contributed by atoms with E-state index in [4.69, 9.17) is 28.9 Å². The van der Waals surface area contributed by atoms with E-state index in [-0.39, 0.29) is 49.8 Å². The number of hydrogen-bond acceptors (Lipinski definition) is 10. The molecule has 20 nitrogen and oxygen atoms in total. The van der Waals surface area contributed by atoms with E-state index >= 15 is 0 Å². The number of H-pyrrole nitrogens is 2. The lowest BCUT2D eigenvalue weighted by atomic mass is 10.1. The molecular weight excluding hydrogens is 1020 g/mol. The minimum atomic E-state index is -0.203. The topological polar surface area (TPSA) is 226 Å². The number of carbonyl (C=O) groups is 4. The number of nitrogens with one attached hydrogen (secondary N) is 6. The van der Waals surface area contributed by atoms with Gasteiger partial charge in [0.25, 0.3) is 23.6 Å². The van der Waals surface area contributed by atoms with Crippen molar-refractivity contribution in [2.24, 2.45) is 0 Å². The minimum Gasteiger partial charge on any atom is -0.383 e. The molecular formula is C60H66N12O8+4. The minimum absolute atomic E-state index is 0.00358. The summed E-state index contributed by atoms with van der Waals surface area (Å²) in [6, 6.07) is 31.0. The van der Waals surface area contributed by atoms with E-state index in [1.165, 1.54) is 0 Å². The van der Waals surface area contributed by atoms with Crippen LogP contribution in [0.2, 0.25) is 0 Å². The largest absolute Gasteiger partial charge is 0.383 e. The van der Waals surface area contributed by atoms with Gasteiger partial charge in [0.05, 0.1) is 93.5 Å². The number of aromatic amines is 2. The van der Waals surface area contributed by atoms with Crippen LogP contribution in [0.15, 0.2) is 122 Å². The number of methoxy groups -OCH3 is 4. The van der Waals surface area contributed by atoms with Gasteiger partial charge in [-0.25, -0.2) is 9.97 Å². The second-order valence-corrected chi connectivity index (χ2v) is 18.7. The number of amides is 4. The van der Waals surface area contributed by atoms with Crippen molar-refractivity contribution in [3.05, 3.63) is 145 Å². The SMILES string of the molecule is COCCNC(=O)C[n+]1ccccc1-c1c2nc(c(-c3cccc[n+]3CC(=O)NCCOC)c3ccc([nH]3)c(-c3cccc[n+]3CC(=O)NCCOC)c3nc(c(-c4cccc[n+]4CC(=O)NCCOC)c4ccc1[nH]4)C=C3)C=C2. The Balaban J connectivity index is 1.38. The van der Waals surface area contributed by atoms with Gasteiger partial charge in [0.15, 0.2) is 24.8 Å². The lowest BCUT2D eigenvalue weighted by Crippen LogP contribution is -2.45. The molecule has 4 amide bonds. The second kappa shape index (κ2) is 27.0. The Hall–Kier alpha value is -9.08. The average Bonchev–Trinajstić information content (AvgIpc) is 4.37. The van der Waals surface area contributed by atoms with E-state index in [1.807, 2.05) is 164 Å². The summed E-state index contributed by atoms with van der Waals surface area (Å²) < 4.78 is 28.4. The molecule has 0 atom stereocenters. The van der Waals surface area contributed by atoms with E-state index < -0.39 is 0 Å². The van der Waals surface area contributed by atoms with Crippen LogP contribution < -0.4 is 39.5 Å². The number of nitrogens with zero attached hydrogens (tertiary/aromatic N) is 6. The van der Waals surface area contributed by atoms with Crippen LogP contribution in [0.1, 0.15) is 22.8 Å². The van der Waals surface area contributed by atoms with E-state index in [2.05, 4.69) is 31.2 Å². The van der Waals surface area contributed by atoms with Gasteiger partial charge in [-0.3, -0.25) is 19.2 Å². The summed E-state index contributed by atoms with van der Waals surface area (Å²) in [5.41, 5.74) is 10.6. The number of ether oxygens (including phenoxy) is 4. The maximum atomic E-state index is 13.6. The van der Waals surface area contributed by atoms with Crippen LogP contribution in [0.4, 0.5) is 0 Å². The van der Waals surface area contributed by atoms with E-state index in [0.717, 1.165) is 0 Å². The highest BCUT2D eigenvalue weighted by atomic mass is 16.5. The second-order valence-electron chi connectivity index (χ2n) is 18.7. The fourth-order valence-corrected chi connectivity index (χ4v) is 9.66. The molecule has 0 saturated heterocycles. The summed E-state index contributed by atoms with van der Waals surface area (Å²) in [6.07, 6.45) is 15.3. The Morgan fingerprint density at radius 2 is 0.613 bits per heavy atom. The van der Waals surface area contributed by atoms with Crippen molar-refractivity contribution >= 4 is 70.0 Å². The smallest absolute Gasteiger partial charge is 0.286 e. The molecule has 80 heavy (non-hydrogen) atoms. The number of pyridine rings is 4. The summed E-state index contributed by atoms with van der Waals surface area (Å²) in [7, 11) is 6.35. The highest BCUT2D eigenvalue weighted by molar-refractivity contribution is 5.98. The Bertz CT molecular complexity index is 3180. The Morgan fingerprint density at radius 1 is 0.375 bits per heavy atom. The third-order valence-electron chi connectivity index (χ3n) is 13.3. The molecule has 0 saturated carbocycles. The van der Waals surface area contributed by atoms with E-state index in [1.54, 1.807) is 28.4 Å². The summed E-state index contributed by atoms with van der Waals surface area (Å²) in [5.74, 6) is -0.812. The van der Waals surface area contributed by atoms with Gasteiger partial charge in [-0.05, 0) is 72.8 Å². The summed E-state index contributed by atoms with van der Waals surface area (Å²) in [5, 5.41) is 11.8. The molecule has 0 spiro atoms. The molecule has 20 heteroatoms. The first-order valence-electron chi connectivity index (χ1n) is 26.3. The number of aromatic nitrogens is 8. The van der Waals surface area contributed by atoms with Crippen molar-refractivity contribution < 1.29 is 56.4 Å². The first-order valence-corrected chi connectivity index (χ1v) is 26.3. The molecule has 8 bridgehead atoms. The van der Waals surface area contributed by atoms with Gasteiger partial charge >= 0.3 is 0 Å². The van der Waals surface area contributed by atoms with Gasteiger partial charge in [-0.1, -0.05) is 0 Å². The summed E-state index contributed by atoms with van der Waals surface area (Å²) in [6.45, 7) is 2.81. The van der Waals surface area contributed by atoms with Gasteiger partial charge in [0.1, 0.15) is 0 Å². The lowest BCUT2D eigenvalue weighted by Gasteiger charge is -2.08. The summed E-state index contributed by atoms with van der Waals surface area (Å²) in [4.78, 5) is 72.9. The molecule has 7 aromatic rings. The molecule has 9 rings (SSSR count). The quantitative estimate of drug-likeness (QED) is 0.0382. The number of hydrogen-bond donors (Lipinski definition) is 6. The molecule has 0 radical (unpaired) electrons. The van der Waals surface area contributed by atoms with Crippen LogP contribution >= 0.6 is 0 Å². The van der Waals surface area contributed by atoms with Crippen molar-refractivity contribution in [1.82, 2.24) is 41.2 Å². The molecule has 0 unspecified atom stereocenters. The first-order chi connectivity index (χ1) is 39.2. The van der Waals surface area contributed by atoms with Crippen LogP contribution in [0, 0.1) is 0 Å². The third kappa shape index (κ3) is 13.2. The molecule has 7 aromatic heterocycles. The van der Waals surface area contributed by atoms with Crippen molar-refractivity contribution in [2.75, 3.05) is 81.0 Å². The standard InChI is InChI=1S/C60H62N12O8/c1-77-33-25-61-53(73)37-69-29-9-5-13-49(69)57-41-17-19-43(65-41)58(50-14-6-10-30-70(50)38-54(74)62-26-34-78-2)45-21-23-47(67-45)60(52-16-8-12-32-72(52)40-56(76)64-28-36-80-4)48-24-22-46(68-48)59(44-20-18-42(57)66-44)51-15-7-11-31-71(51)39-55(75)63-27-35-79-3/h5-24,29-32H,25-28,33-40H2,1-4H3,(H2-3,61,62,63,64,65,66,67,68,73,74,75,76)/p+4. The van der Waals surface area contributed by atoms with Gasteiger partial charge in [0.2, 0.25) is 49.0 Å². The van der Waals surface area contributed by atoms with Crippen LogP contribution in [-0.4, -0.2) is 125 Å². The van der Waals surface area contributed by atoms with Crippen LogP contribution in [0.3, 0.4) is 0 Å². The highest BCUT2D eigenvalue weighted by Gasteiger charge is 2.29. The lowest BCUT2D eigenvalue weighted by molar-refractivity contribution is -0.673. The third-order valence-corrected chi connectivity index (χ3v) is 13.3. The Labute approximate surface area is 462 Å². The molecule has 0 fully saturated rings. The fourth-order valence-electron chi connectivity index (χ4n) is 9.66. The fraction of sp³-hybridized carbons (Fsp3) is 0.267. The van der Waals surface area contributed by atoms with Crippen molar-refractivity contribution in [3.8, 4) is 45.0 Å². The number of fused-ring (bicyclic) bond motifs is 8. The zero-order chi connectivity index (χ0) is 55.8. The van der Waals surface area contributed by atoms with Crippen LogP contribution in [-0.2, 0) is 64.3 Å². The molecule has 410 valence electrons. The van der Waals surface area contributed by atoms with E-state index in [0.29, 0.717) is 142 Å². The zero-order valence-corrected chi connectivity index (χ0v) is 45.3. The molecule has 2 aliphatic heterocycles. The zero-order valence-electron chi connectivity index (χ0n) is 45.3. The highest BCUT2D eigenvalue weighted by Crippen LogP contribution is 2.36. The Morgan fingerprint density at radius 3 is 0.838 bits per heavy atom. The van der Waals surface area contributed by atoms with Gasteiger partial charge in [-0.2, -0.15) is 18.3 Å². The Kier molecular flexibility index (Phi) is 18.8. The van der Waals surface area contributed by atoms with Crippen LogP contribution in [0.25, 0.3) is 91.4 Å². The maximum Gasteiger partial charge on any atom is 0.286 e. The maximum absolute atomic E-state index is 13.6. The predicted molar refractivity (Wildman–Crippen MR) is 301 cm³/mol. The van der Waals surface area contributed by atoms with Crippen molar-refractivity contribution in [2.45, 2.75) is 26.2 Å². The monoisotopic (exact) mass is 1080 g/mol. The van der Waals surface area contributed by atoms with Crippen molar-refractivity contribution in [1.29, 1.82) is 0 Å². The van der Waals surface area contributed by atoms with Crippen LogP contribution in [0.5, 0.6) is 0 Å². The summed E-state index contributed by atoms with van der Waals surface area (Å²) >= 11 is 0. The van der Waals surface area contributed by atoms with Gasteiger partial charge in [0, 0.05) is 103 Å². The molecule has 6 N–H and O–H groups in total. The van der Waals surface area contributed by atoms with Crippen molar-refractivity contribution in [3.63, 3.8) is 0 Å². The number of carbonyl (C=O) groups excluding carboxylic acids is 4. The normalized spacial score (nSPS) is 11.7. The molecule has 0 aromatic carbocycles. The average molecular weight is 1080 g/mol. The van der Waals surface area contributed by atoms with Gasteiger partial charge in [-0.15, -0.1) is 0 Å². The molecule has 0 aliphatic carbocycles. The van der Waals surface area contributed by atoms with Gasteiger partial charge < -0.3 is 50.2 Å². The number of rotatable bonds is 24.